The first-order valence-electron chi connectivity index (χ1n) is 8.40. The second-order valence-electron chi connectivity index (χ2n) is 6.92. The van der Waals surface area contributed by atoms with Crippen LogP contribution >= 0.6 is 0 Å². The van der Waals surface area contributed by atoms with Crippen molar-refractivity contribution in [1.29, 1.82) is 0 Å². The molecule has 0 saturated carbocycles. The van der Waals surface area contributed by atoms with Gasteiger partial charge in [-0.05, 0) is 49.8 Å². The molecule has 1 aromatic carbocycles. The lowest BCUT2D eigenvalue weighted by Crippen LogP contribution is -2.58. The van der Waals surface area contributed by atoms with E-state index in [1.165, 1.54) is 36.0 Å². The van der Waals surface area contributed by atoms with Crippen LogP contribution in [0, 0.1) is 13.8 Å². The first-order valence-corrected chi connectivity index (χ1v) is 8.40. The van der Waals surface area contributed by atoms with Crippen LogP contribution in [0.15, 0.2) is 18.2 Å². The zero-order valence-electron chi connectivity index (χ0n) is 14.1. The number of benzene rings is 1. The molecule has 1 saturated heterocycles. The zero-order chi connectivity index (χ0) is 15.5. The highest BCUT2D eigenvalue weighted by molar-refractivity contribution is 5.85. The van der Waals surface area contributed by atoms with Gasteiger partial charge in [0.05, 0.1) is 20.1 Å². The van der Waals surface area contributed by atoms with E-state index in [0.717, 1.165) is 24.0 Å². The standard InChI is InChI=1S/C19H30NO/c1-5-18(20(4)12-7-6-8-13-20)19(21)14-17-15(2)10-9-11-16(17)3/h9-11,18H,5-8,12-14H2,1-4H3/q+1. The van der Waals surface area contributed by atoms with Gasteiger partial charge in [0, 0.05) is 12.8 Å². The monoisotopic (exact) mass is 288 g/mol. The largest absolute Gasteiger partial charge is 0.317 e. The van der Waals surface area contributed by atoms with Gasteiger partial charge in [-0.25, -0.2) is 0 Å². The Morgan fingerprint density at radius 1 is 1.14 bits per heavy atom. The Hall–Kier alpha value is -1.15. The third-order valence-corrected chi connectivity index (χ3v) is 5.34. The number of likely N-dealkylation sites (tertiary alicyclic amines) is 1. The summed E-state index contributed by atoms with van der Waals surface area (Å²) in [6, 6.07) is 6.49. The van der Waals surface area contributed by atoms with Gasteiger partial charge in [0.15, 0.2) is 5.78 Å². The van der Waals surface area contributed by atoms with Crippen LogP contribution in [0.2, 0.25) is 0 Å². The first-order chi connectivity index (χ1) is 9.98. The van der Waals surface area contributed by atoms with Gasteiger partial charge in [-0.2, -0.15) is 0 Å². The fourth-order valence-electron chi connectivity index (χ4n) is 3.98. The number of aryl methyl sites for hydroxylation is 2. The number of rotatable bonds is 5. The summed E-state index contributed by atoms with van der Waals surface area (Å²) in [7, 11) is 2.29. The van der Waals surface area contributed by atoms with E-state index < -0.39 is 0 Å². The summed E-state index contributed by atoms with van der Waals surface area (Å²) < 4.78 is 0.959. The highest BCUT2D eigenvalue weighted by Gasteiger charge is 2.37. The quantitative estimate of drug-likeness (QED) is 0.753. The molecule has 2 nitrogen and oxygen atoms in total. The van der Waals surface area contributed by atoms with Crippen molar-refractivity contribution < 1.29 is 9.28 Å². The fraction of sp³-hybridized carbons (Fsp3) is 0.632. The highest BCUT2D eigenvalue weighted by Crippen LogP contribution is 2.25. The van der Waals surface area contributed by atoms with E-state index in [4.69, 9.17) is 0 Å². The van der Waals surface area contributed by atoms with Gasteiger partial charge in [0.1, 0.15) is 6.04 Å². The van der Waals surface area contributed by atoms with Gasteiger partial charge in [0.2, 0.25) is 0 Å². The van der Waals surface area contributed by atoms with E-state index >= 15 is 0 Å². The van der Waals surface area contributed by atoms with Gasteiger partial charge in [-0.15, -0.1) is 0 Å². The molecule has 21 heavy (non-hydrogen) atoms. The summed E-state index contributed by atoms with van der Waals surface area (Å²) in [5, 5.41) is 0. The Morgan fingerprint density at radius 2 is 1.71 bits per heavy atom. The lowest BCUT2D eigenvalue weighted by atomic mass is 9.92. The molecular formula is C19H30NO+. The van der Waals surface area contributed by atoms with Crippen molar-refractivity contribution >= 4 is 5.78 Å². The number of hydrogen-bond donors (Lipinski definition) is 0. The number of ketones is 1. The number of likely N-dealkylation sites (N-methyl/N-ethyl adjacent to an activating group) is 1. The van der Waals surface area contributed by atoms with Crippen molar-refractivity contribution in [3.63, 3.8) is 0 Å². The van der Waals surface area contributed by atoms with Crippen LogP contribution < -0.4 is 0 Å². The van der Waals surface area contributed by atoms with Gasteiger partial charge >= 0.3 is 0 Å². The molecule has 0 radical (unpaired) electrons. The molecule has 0 N–H and O–H groups in total. The lowest BCUT2D eigenvalue weighted by Gasteiger charge is -2.43. The van der Waals surface area contributed by atoms with Crippen LogP contribution in [-0.2, 0) is 11.2 Å². The van der Waals surface area contributed by atoms with Crippen LogP contribution in [0.25, 0.3) is 0 Å². The molecule has 0 bridgehead atoms. The topological polar surface area (TPSA) is 17.1 Å². The van der Waals surface area contributed by atoms with Crippen molar-refractivity contribution in [2.75, 3.05) is 20.1 Å². The molecule has 2 rings (SSSR count). The number of carbonyl (C=O) groups excluding carboxylic acids is 1. The Labute approximate surface area is 129 Å². The highest BCUT2D eigenvalue weighted by atomic mass is 16.1. The molecule has 116 valence electrons. The Bertz CT molecular complexity index is 480. The summed E-state index contributed by atoms with van der Waals surface area (Å²) in [5.41, 5.74) is 3.74. The molecule has 1 aliphatic rings. The fourth-order valence-corrected chi connectivity index (χ4v) is 3.98. The van der Waals surface area contributed by atoms with Crippen molar-refractivity contribution in [3.05, 3.63) is 34.9 Å². The van der Waals surface area contributed by atoms with Crippen LogP contribution in [0.1, 0.15) is 49.3 Å². The van der Waals surface area contributed by atoms with Crippen molar-refractivity contribution in [2.24, 2.45) is 0 Å². The third-order valence-electron chi connectivity index (χ3n) is 5.34. The maximum Gasteiger partial charge on any atom is 0.194 e. The van der Waals surface area contributed by atoms with E-state index in [1.54, 1.807) is 0 Å². The minimum Gasteiger partial charge on any atom is -0.317 e. The van der Waals surface area contributed by atoms with E-state index in [9.17, 15) is 4.79 Å². The molecule has 0 aliphatic carbocycles. The van der Waals surface area contributed by atoms with Crippen molar-refractivity contribution in [2.45, 2.75) is 58.9 Å². The number of nitrogens with zero attached hydrogens (tertiary/aromatic N) is 1. The SMILES string of the molecule is CCC(C(=O)Cc1c(C)cccc1C)[N+]1(C)CCCCC1. The van der Waals surface area contributed by atoms with Gasteiger partial charge in [-0.1, -0.05) is 25.1 Å². The number of hydrogen-bond acceptors (Lipinski definition) is 1. The van der Waals surface area contributed by atoms with Crippen LogP contribution in [0.5, 0.6) is 0 Å². The van der Waals surface area contributed by atoms with E-state index in [2.05, 4.69) is 46.0 Å². The molecule has 0 aromatic heterocycles. The smallest absolute Gasteiger partial charge is 0.194 e. The summed E-state index contributed by atoms with van der Waals surface area (Å²) in [6.45, 7) is 8.74. The van der Waals surface area contributed by atoms with Crippen LogP contribution in [0.3, 0.4) is 0 Å². The first kappa shape index (κ1) is 16.2. The predicted molar refractivity (Wildman–Crippen MR) is 88.5 cm³/mol. The molecule has 1 aliphatic heterocycles. The Kier molecular flexibility index (Phi) is 5.21. The number of Topliss-reactive ketones (excluding diaryl/α,β-unsaturated/α-hetero) is 1. The molecule has 1 unspecified atom stereocenters. The van der Waals surface area contributed by atoms with E-state index in [0.29, 0.717) is 12.2 Å². The molecule has 0 amide bonds. The maximum absolute atomic E-state index is 12.9. The molecule has 1 aromatic rings. The number of carbonyl (C=O) groups is 1. The Balaban J connectivity index is 2.17. The summed E-state index contributed by atoms with van der Waals surface area (Å²) >= 11 is 0. The second kappa shape index (κ2) is 6.74. The van der Waals surface area contributed by atoms with Crippen LogP contribution in [0.4, 0.5) is 0 Å². The maximum atomic E-state index is 12.9. The van der Waals surface area contributed by atoms with Gasteiger partial charge < -0.3 is 4.48 Å². The van der Waals surface area contributed by atoms with Gasteiger partial charge in [-0.3, -0.25) is 4.79 Å². The second-order valence-corrected chi connectivity index (χ2v) is 6.92. The Morgan fingerprint density at radius 3 is 2.24 bits per heavy atom. The van der Waals surface area contributed by atoms with Crippen molar-refractivity contribution in [1.82, 2.24) is 0 Å². The van der Waals surface area contributed by atoms with Crippen LogP contribution in [-0.4, -0.2) is 36.4 Å². The normalized spacial score (nSPS) is 19.2. The minimum atomic E-state index is 0.171. The molecule has 1 atom stereocenters. The van der Waals surface area contributed by atoms with Gasteiger partial charge in [0.25, 0.3) is 0 Å². The molecular weight excluding hydrogens is 258 g/mol. The third kappa shape index (κ3) is 3.55. The average Bonchev–Trinajstić information content (AvgIpc) is 2.44. The summed E-state index contributed by atoms with van der Waals surface area (Å²) in [5.74, 6) is 0.430. The van der Waals surface area contributed by atoms with Crippen molar-refractivity contribution in [3.8, 4) is 0 Å². The minimum absolute atomic E-state index is 0.171. The summed E-state index contributed by atoms with van der Waals surface area (Å²) in [4.78, 5) is 12.9. The average molecular weight is 288 g/mol. The van der Waals surface area contributed by atoms with E-state index in [1.807, 2.05) is 0 Å². The number of piperidine rings is 1. The lowest BCUT2D eigenvalue weighted by molar-refractivity contribution is -0.929. The molecule has 0 spiro atoms. The summed E-state index contributed by atoms with van der Waals surface area (Å²) in [6.07, 6.45) is 5.42. The molecule has 1 heterocycles. The predicted octanol–water partition coefficient (Wildman–Crippen LogP) is 3.82. The molecule has 2 heteroatoms. The number of quaternary nitrogens is 1. The molecule has 1 fully saturated rings. The van der Waals surface area contributed by atoms with E-state index in [-0.39, 0.29) is 6.04 Å². The zero-order valence-corrected chi connectivity index (χ0v) is 14.1.